The molecular formula is C17H19NO5. The predicted molar refractivity (Wildman–Crippen MR) is 80.3 cm³/mol. The van der Waals surface area contributed by atoms with E-state index in [0.29, 0.717) is 18.0 Å². The van der Waals surface area contributed by atoms with Crippen molar-refractivity contribution in [1.29, 1.82) is 0 Å². The summed E-state index contributed by atoms with van der Waals surface area (Å²) in [6, 6.07) is 3.79. The minimum Gasteiger partial charge on any atom is -0.454 e. The van der Waals surface area contributed by atoms with Crippen LogP contribution in [-0.4, -0.2) is 53.8 Å². The zero-order valence-corrected chi connectivity index (χ0v) is 12.8. The molecule has 2 bridgehead atoms. The van der Waals surface area contributed by atoms with E-state index in [0.717, 1.165) is 17.5 Å². The first-order chi connectivity index (χ1) is 11.1. The molecule has 6 atom stereocenters. The Labute approximate surface area is 133 Å². The van der Waals surface area contributed by atoms with Gasteiger partial charge in [0.1, 0.15) is 6.23 Å². The lowest BCUT2D eigenvalue weighted by molar-refractivity contribution is -0.0399. The molecule has 3 heterocycles. The molecule has 1 fully saturated rings. The van der Waals surface area contributed by atoms with E-state index in [1.165, 1.54) is 0 Å². The Kier molecular flexibility index (Phi) is 2.69. The van der Waals surface area contributed by atoms with Crippen LogP contribution in [0, 0.1) is 0 Å². The molecule has 1 aliphatic carbocycles. The topological polar surface area (TPSA) is 71.4 Å². The molecule has 1 aromatic rings. The number of rotatable bonds is 1. The monoisotopic (exact) mass is 317 g/mol. The summed E-state index contributed by atoms with van der Waals surface area (Å²) in [7, 11) is 1.69. The van der Waals surface area contributed by atoms with Crippen LogP contribution in [0.25, 0.3) is 0 Å². The number of aliphatic hydroxyl groups is 2. The van der Waals surface area contributed by atoms with Crippen LogP contribution < -0.4 is 9.47 Å². The van der Waals surface area contributed by atoms with Crippen LogP contribution in [-0.2, 0) is 10.2 Å². The van der Waals surface area contributed by atoms with E-state index in [1.54, 1.807) is 7.11 Å². The van der Waals surface area contributed by atoms with Crippen molar-refractivity contribution in [2.45, 2.75) is 36.3 Å². The van der Waals surface area contributed by atoms with Gasteiger partial charge < -0.3 is 24.4 Å². The summed E-state index contributed by atoms with van der Waals surface area (Å²) in [6.45, 7) is 0.631. The van der Waals surface area contributed by atoms with Crippen LogP contribution in [0.4, 0.5) is 0 Å². The van der Waals surface area contributed by atoms with E-state index in [4.69, 9.17) is 14.2 Å². The van der Waals surface area contributed by atoms with Crippen molar-refractivity contribution >= 4 is 0 Å². The van der Waals surface area contributed by atoms with Crippen LogP contribution in [0.15, 0.2) is 24.3 Å². The highest BCUT2D eigenvalue weighted by molar-refractivity contribution is 5.57. The summed E-state index contributed by atoms with van der Waals surface area (Å²) < 4.78 is 16.4. The quantitative estimate of drug-likeness (QED) is 0.742. The Hall–Kier alpha value is -1.60. The molecule has 2 N–H and O–H groups in total. The number of nitrogens with zero attached hydrogens (tertiary/aromatic N) is 1. The second kappa shape index (κ2) is 4.48. The number of aliphatic hydroxyl groups excluding tert-OH is 2. The molecule has 4 aliphatic rings. The van der Waals surface area contributed by atoms with Crippen molar-refractivity contribution in [1.82, 2.24) is 4.90 Å². The van der Waals surface area contributed by atoms with E-state index in [1.807, 2.05) is 23.1 Å². The lowest BCUT2D eigenvalue weighted by Crippen LogP contribution is -2.53. The fraction of sp³-hybridized carbons (Fsp3) is 0.529. The van der Waals surface area contributed by atoms with Crippen molar-refractivity contribution in [3.8, 4) is 11.5 Å². The van der Waals surface area contributed by atoms with Gasteiger partial charge in [-0.15, -0.1) is 0 Å². The van der Waals surface area contributed by atoms with E-state index < -0.39 is 17.7 Å². The first-order valence-electron chi connectivity index (χ1n) is 7.93. The Bertz CT molecular complexity index is 704. The van der Waals surface area contributed by atoms with Gasteiger partial charge in [-0.1, -0.05) is 12.2 Å². The molecule has 0 spiro atoms. The third kappa shape index (κ3) is 1.57. The number of fused-ring (bicyclic) bond motifs is 2. The number of methoxy groups -OCH3 is 1. The fourth-order valence-corrected chi connectivity index (χ4v) is 4.71. The largest absolute Gasteiger partial charge is 0.454 e. The summed E-state index contributed by atoms with van der Waals surface area (Å²) in [4.78, 5) is 1.98. The van der Waals surface area contributed by atoms with E-state index in [-0.39, 0.29) is 18.9 Å². The number of benzene rings is 1. The maximum absolute atomic E-state index is 10.8. The van der Waals surface area contributed by atoms with E-state index >= 15 is 0 Å². The zero-order valence-electron chi connectivity index (χ0n) is 12.8. The number of hydrogen-bond donors (Lipinski definition) is 2. The maximum atomic E-state index is 10.8. The highest BCUT2D eigenvalue weighted by atomic mass is 16.7. The summed E-state index contributed by atoms with van der Waals surface area (Å²) in [5.74, 6) is 1.33. The van der Waals surface area contributed by atoms with Gasteiger partial charge in [0.05, 0.1) is 17.6 Å². The van der Waals surface area contributed by atoms with Crippen LogP contribution in [0.5, 0.6) is 11.5 Å². The van der Waals surface area contributed by atoms with Crippen molar-refractivity contribution in [2.24, 2.45) is 0 Å². The highest BCUT2D eigenvalue weighted by Crippen LogP contribution is 2.56. The van der Waals surface area contributed by atoms with Gasteiger partial charge in [-0.3, -0.25) is 4.90 Å². The third-order valence-electron chi connectivity index (χ3n) is 5.84. The lowest BCUT2D eigenvalue weighted by Gasteiger charge is -2.48. The molecule has 6 heteroatoms. The van der Waals surface area contributed by atoms with Crippen LogP contribution in [0.1, 0.15) is 23.8 Å². The van der Waals surface area contributed by atoms with Gasteiger partial charge in [0.15, 0.2) is 11.5 Å². The molecule has 0 aromatic heterocycles. The summed E-state index contributed by atoms with van der Waals surface area (Å²) in [5.41, 5.74) is 1.21. The van der Waals surface area contributed by atoms with Gasteiger partial charge in [0.25, 0.3) is 0 Å². The Morgan fingerprint density at radius 2 is 2.04 bits per heavy atom. The molecule has 0 amide bonds. The summed E-state index contributed by atoms with van der Waals surface area (Å²) >= 11 is 0. The molecule has 1 saturated heterocycles. The zero-order chi connectivity index (χ0) is 15.8. The van der Waals surface area contributed by atoms with E-state index in [9.17, 15) is 10.2 Å². The first-order valence-corrected chi connectivity index (χ1v) is 7.93. The first kappa shape index (κ1) is 13.8. The van der Waals surface area contributed by atoms with E-state index in [2.05, 4.69) is 6.08 Å². The molecule has 0 saturated carbocycles. The van der Waals surface area contributed by atoms with Crippen LogP contribution in [0.3, 0.4) is 0 Å². The van der Waals surface area contributed by atoms with Gasteiger partial charge in [-0.25, -0.2) is 0 Å². The molecular weight excluding hydrogens is 298 g/mol. The molecule has 122 valence electrons. The van der Waals surface area contributed by atoms with Gasteiger partial charge in [-0.2, -0.15) is 0 Å². The van der Waals surface area contributed by atoms with Gasteiger partial charge in [0.2, 0.25) is 6.79 Å². The van der Waals surface area contributed by atoms with Crippen LogP contribution in [0.2, 0.25) is 0 Å². The SMILES string of the molecule is CO[C@@H]1C=C[C@]23c4cc5c(cc4C(O)N(CC2O)C3C1)OCO5. The number of hydrogen-bond acceptors (Lipinski definition) is 6. The lowest BCUT2D eigenvalue weighted by atomic mass is 9.65. The molecule has 5 rings (SSSR count). The van der Waals surface area contributed by atoms with Gasteiger partial charge in [0, 0.05) is 25.3 Å². The Balaban J connectivity index is 1.75. The average Bonchev–Trinajstić information content (AvgIpc) is 3.12. The second-order valence-electron chi connectivity index (χ2n) is 6.70. The number of ether oxygens (including phenoxy) is 3. The third-order valence-corrected chi connectivity index (χ3v) is 5.84. The minimum absolute atomic E-state index is 0.00341. The predicted octanol–water partition coefficient (Wildman–Crippen LogP) is 0.678. The van der Waals surface area contributed by atoms with Crippen molar-refractivity contribution < 1.29 is 24.4 Å². The molecule has 6 nitrogen and oxygen atoms in total. The summed E-state index contributed by atoms with van der Waals surface area (Å²) in [5, 5.41) is 21.7. The van der Waals surface area contributed by atoms with Gasteiger partial charge >= 0.3 is 0 Å². The van der Waals surface area contributed by atoms with Gasteiger partial charge in [-0.05, 0) is 24.1 Å². The smallest absolute Gasteiger partial charge is 0.231 e. The maximum Gasteiger partial charge on any atom is 0.231 e. The minimum atomic E-state index is -0.751. The highest BCUT2D eigenvalue weighted by Gasteiger charge is 2.61. The molecule has 0 radical (unpaired) electrons. The van der Waals surface area contributed by atoms with Crippen LogP contribution >= 0.6 is 0 Å². The Morgan fingerprint density at radius 1 is 1.26 bits per heavy atom. The molecule has 1 aromatic carbocycles. The summed E-state index contributed by atoms with van der Waals surface area (Å²) in [6.07, 6.45) is 3.51. The fourth-order valence-electron chi connectivity index (χ4n) is 4.71. The van der Waals surface area contributed by atoms with Crippen molar-refractivity contribution in [3.05, 3.63) is 35.4 Å². The Morgan fingerprint density at radius 3 is 2.83 bits per heavy atom. The molecule has 23 heavy (non-hydrogen) atoms. The average molecular weight is 317 g/mol. The van der Waals surface area contributed by atoms with Crippen molar-refractivity contribution in [3.63, 3.8) is 0 Å². The van der Waals surface area contributed by atoms with Crippen molar-refractivity contribution in [2.75, 3.05) is 20.4 Å². The molecule has 4 unspecified atom stereocenters. The second-order valence-corrected chi connectivity index (χ2v) is 6.70. The normalized spacial score (nSPS) is 42.5. The standard InChI is InChI=1S/C17H19NO5/c1-21-9-2-3-17-11-6-13-12(22-8-23-13)5-10(11)16(20)18(7-15(17)19)14(17)4-9/h2-3,5-6,9,14-16,19-20H,4,7-8H2,1H3/t9-,14?,15?,16?,17-/m1/s1. The molecule has 3 aliphatic heterocycles.